The molecule has 0 radical (unpaired) electrons. The summed E-state index contributed by atoms with van der Waals surface area (Å²) in [6.07, 6.45) is 5.25. The van der Waals surface area contributed by atoms with Gasteiger partial charge in [0.15, 0.2) is 5.60 Å². The van der Waals surface area contributed by atoms with Crippen LogP contribution >= 0.6 is 0 Å². The number of ketones is 1. The lowest BCUT2D eigenvalue weighted by Crippen LogP contribution is -2.24. The smallest absolute Gasteiger partial charge is 0.202 e. The molecule has 0 aromatic heterocycles. The third-order valence-electron chi connectivity index (χ3n) is 3.82. The topological polar surface area (TPSA) is 38.8 Å². The Morgan fingerprint density at radius 1 is 1.27 bits per heavy atom. The fraction of sp³-hybridized carbons (Fsp3) is 0.211. The summed E-state index contributed by atoms with van der Waals surface area (Å²) in [5, 5.41) is 0. The van der Waals surface area contributed by atoms with Crippen molar-refractivity contribution in [1.82, 2.24) is 0 Å². The van der Waals surface area contributed by atoms with Gasteiger partial charge < -0.3 is 9.47 Å². The first-order valence-electron chi connectivity index (χ1n) is 7.09. The summed E-state index contributed by atoms with van der Waals surface area (Å²) >= 11 is 0. The van der Waals surface area contributed by atoms with Gasteiger partial charge in [0.2, 0.25) is 5.78 Å². The number of carbonyl (C=O) groups excluding carboxylic acids is 1. The van der Waals surface area contributed by atoms with Gasteiger partial charge in [-0.2, -0.15) is 0 Å². The normalized spacial score (nSPS) is 19.3. The molecule has 1 unspecified atom stereocenters. The number of benzene rings is 2. The minimum Gasteiger partial charge on any atom is -0.481 e. The van der Waals surface area contributed by atoms with Gasteiger partial charge in [-0.3, -0.25) is 4.79 Å². The number of rotatable bonds is 5. The molecular formula is C19H16O3. The van der Waals surface area contributed by atoms with Gasteiger partial charge in [0.1, 0.15) is 12.4 Å². The minimum atomic E-state index is -0.947. The van der Waals surface area contributed by atoms with Crippen LogP contribution in [0.5, 0.6) is 5.75 Å². The zero-order chi connectivity index (χ0) is 15.6. The number of Topliss-reactive ketones (excluding diaryl/α,β-unsaturated/α-hetero) is 1. The summed E-state index contributed by atoms with van der Waals surface area (Å²) in [5.41, 5.74) is 1.40. The molecule has 0 spiro atoms. The molecule has 1 heterocycles. The maximum Gasteiger partial charge on any atom is 0.202 e. The third kappa shape index (κ3) is 2.38. The van der Waals surface area contributed by atoms with Gasteiger partial charge in [-0.25, -0.2) is 0 Å². The number of hydrogen-bond acceptors (Lipinski definition) is 3. The quantitative estimate of drug-likeness (QED) is 0.483. The predicted molar refractivity (Wildman–Crippen MR) is 83.9 cm³/mol. The number of hydrogen-bond donors (Lipinski definition) is 0. The second-order valence-corrected chi connectivity index (χ2v) is 5.25. The summed E-state index contributed by atoms with van der Waals surface area (Å²) in [7, 11) is 0. The van der Waals surface area contributed by atoms with E-state index in [1.54, 1.807) is 6.07 Å². The SMILES string of the molecule is C#CCOc1ccccc1C1(C(=O)c2ccccc2C)CO1. The van der Waals surface area contributed by atoms with E-state index in [0.717, 1.165) is 11.1 Å². The van der Waals surface area contributed by atoms with Crippen molar-refractivity contribution < 1.29 is 14.3 Å². The maximum atomic E-state index is 13.0. The Hall–Kier alpha value is -2.57. The summed E-state index contributed by atoms with van der Waals surface area (Å²) in [5.74, 6) is 2.99. The minimum absolute atomic E-state index is 0.0395. The van der Waals surface area contributed by atoms with E-state index in [0.29, 0.717) is 17.9 Å². The molecule has 3 heteroatoms. The molecule has 3 rings (SSSR count). The molecule has 22 heavy (non-hydrogen) atoms. The Kier molecular flexibility index (Phi) is 3.70. The molecule has 0 N–H and O–H groups in total. The van der Waals surface area contributed by atoms with Crippen LogP contribution in [0.2, 0.25) is 0 Å². The molecular weight excluding hydrogens is 276 g/mol. The van der Waals surface area contributed by atoms with Crippen LogP contribution in [-0.4, -0.2) is 19.0 Å². The lowest BCUT2D eigenvalue weighted by molar-refractivity contribution is 0.0867. The molecule has 3 nitrogen and oxygen atoms in total. The highest BCUT2D eigenvalue weighted by Crippen LogP contribution is 2.46. The van der Waals surface area contributed by atoms with Gasteiger partial charge in [0.25, 0.3) is 0 Å². The van der Waals surface area contributed by atoms with Crippen LogP contribution in [0.15, 0.2) is 48.5 Å². The molecule has 1 aliphatic rings. The predicted octanol–water partition coefficient (Wildman–Crippen LogP) is 3.12. The van der Waals surface area contributed by atoms with Gasteiger partial charge in [0.05, 0.1) is 6.61 Å². The van der Waals surface area contributed by atoms with Crippen molar-refractivity contribution in [3.8, 4) is 18.1 Å². The summed E-state index contributed by atoms with van der Waals surface area (Å²) < 4.78 is 11.2. The Morgan fingerprint density at radius 2 is 1.95 bits per heavy atom. The number of aryl methyl sites for hydroxylation is 1. The zero-order valence-corrected chi connectivity index (χ0v) is 12.3. The number of carbonyl (C=O) groups is 1. The van der Waals surface area contributed by atoms with Gasteiger partial charge in [-0.05, 0) is 18.6 Å². The standard InChI is InChI=1S/C19H16O3/c1-3-12-21-17-11-7-6-10-16(17)19(13-22-19)18(20)15-9-5-4-8-14(15)2/h1,4-11H,12-13H2,2H3. The number of terminal acetylenes is 1. The van der Waals surface area contributed by atoms with Gasteiger partial charge >= 0.3 is 0 Å². The Bertz CT molecular complexity index is 751. The highest BCUT2D eigenvalue weighted by atomic mass is 16.6. The molecule has 1 fully saturated rings. The first-order valence-corrected chi connectivity index (χ1v) is 7.09. The summed E-state index contributed by atoms with van der Waals surface area (Å²) in [6.45, 7) is 2.44. The second kappa shape index (κ2) is 5.67. The van der Waals surface area contributed by atoms with E-state index in [2.05, 4.69) is 5.92 Å². The van der Waals surface area contributed by atoms with E-state index in [1.807, 2.05) is 49.4 Å². The van der Waals surface area contributed by atoms with Crippen LogP contribution in [0.1, 0.15) is 21.5 Å². The fourth-order valence-corrected chi connectivity index (χ4v) is 2.57. The van der Waals surface area contributed by atoms with Gasteiger partial charge in [-0.15, -0.1) is 6.42 Å². The van der Waals surface area contributed by atoms with Crippen molar-refractivity contribution >= 4 is 5.78 Å². The monoisotopic (exact) mass is 292 g/mol. The van der Waals surface area contributed by atoms with Crippen LogP contribution in [0.3, 0.4) is 0 Å². The van der Waals surface area contributed by atoms with E-state index in [-0.39, 0.29) is 12.4 Å². The van der Waals surface area contributed by atoms with E-state index < -0.39 is 5.60 Å². The molecule has 1 saturated heterocycles. The molecule has 0 amide bonds. The van der Waals surface area contributed by atoms with Crippen molar-refractivity contribution in [3.05, 3.63) is 65.2 Å². The summed E-state index contributed by atoms with van der Waals surface area (Å²) in [6, 6.07) is 14.9. The van der Waals surface area contributed by atoms with E-state index in [4.69, 9.17) is 15.9 Å². The average Bonchev–Trinajstić information content (AvgIpc) is 3.35. The molecule has 0 bridgehead atoms. The number of ether oxygens (including phenoxy) is 2. The van der Waals surface area contributed by atoms with Crippen molar-refractivity contribution in [3.63, 3.8) is 0 Å². The average molecular weight is 292 g/mol. The van der Waals surface area contributed by atoms with Crippen molar-refractivity contribution in [2.24, 2.45) is 0 Å². The van der Waals surface area contributed by atoms with Gasteiger partial charge in [-0.1, -0.05) is 48.4 Å². The van der Waals surface area contributed by atoms with Gasteiger partial charge in [0, 0.05) is 11.1 Å². The van der Waals surface area contributed by atoms with Crippen LogP contribution in [-0.2, 0) is 10.3 Å². The Morgan fingerprint density at radius 3 is 2.64 bits per heavy atom. The maximum absolute atomic E-state index is 13.0. The summed E-state index contributed by atoms with van der Waals surface area (Å²) in [4.78, 5) is 13.0. The molecule has 2 aromatic carbocycles. The van der Waals surface area contributed by atoms with Crippen LogP contribution in [0.25, 0.3) is 0 Å². The van der Waals surface area contributed by atoms with Crippen LogP contribution < -0.4 is 4.74 Å². The molecule has 0 aliphatic carbocycles. The second-order valence-electron chi connectivity index (χ2n) is 5.25. The Balaban J connectivity index is 2.00. The lowest BCUT2D eigenvalue weighted by atomic mass is 9.88. The van der Waals surface area contributed by atoms with Crippen LogP contribution in [0, 0.1) is 19.3 Å². The first-order chi connectivity index (χ1) is 10.7. The molecule has 2 aromatic rings. The van der Waals surface area contributed by atoms with E-state index in [1.165, 1.54) is 0 Å². The first kappa shape index (κ1) is 14.4. The van der Waals surface area contributed by atoms with E-state index in [9.17, 15) is 4.79 Å². The number of para-hydroxylation sites is 1. The lowest BCUT2D eigenvalue weighted by Gasteiger charge is -2.16. The molecule has 1 aliphatic heterocycles. The third-order valence-corrected chi connectivity index (χ3v) is 3.82. The highest BCUT2D eigenvalue weighted by Gasteiger charge is 2.55. The molecule has 110 valence electrons. The fourth-order valence-electron chi connectivity index (χ4n) is 2.57. The largest absolute Gasteiger partial charge is 0.481 e. The van der Waals surface area contributed by atoms with Crippen molar-refractivity contribution in [1.29, 1.82) is 0 Å². The number of epoxide rings is 1. The Labute approximate surface area is 129 Å². The van der Waals surface area contributed by atoms with Crippen molar-refractivity contribution in [2.75, 3.05) is 13.2 Å². The van der Waals surface area contributed by atoms with Crippen molar-refractivity contribution in [2.45, 2.75) is 12.5 Å². The van der Waals surface area contributed by atoms with E-state index >= 15 is 0 Å². The highest BCUT2D eigenvalue weighted by molar-refractivity contribution is 6.06. The molecule has 0 saturated carbocycles. The van der Waals surface area contributed by atoms with Crippen LogP contribution in [0.4, 0.5) is 0 Å². The molecule has 1 atom stereocenters. The zero-order valence-electron chi connectivity index (χ0n) is 12.3.